The molecule has 0 atom stereocenters. The summed E-state index contributed by atoms with van der Waals surface area (Å²) in [7, 11) is 0. The minimum atomic E-state index is -0.506. The maximum Gasteiger partial charge on any atom is 0.358 e. The van der Waals surface area contributed by atoms with Gasteiger partial charge in [0.1, 0.15) is 11.0 Å². The van der Waals surface area contributed by atoms with Gasteiger partial charge in [-0.05, 0) is 25.1 Å². The third kappa shape index (κ3) is 2.89. The largest absolute Gasteiger partial charge is 0.461 e. The molecule has 0 aliphatic rings. The minimum Gasteiger partial charge on any atom is -0.461 e. The Bertz CT molecular complexity index is 660. The minimum absolute atomic E-state index is 0.174. The van der Waals surface area contributed by atoms with Crippen LogP contribution in [0.5, 0.6) is 0 Å². The fourth-order valence-electron chi connectivity index (χ4n) is 1.42. The van der Waals surface area contributed by atoms with Crippen molar-refractivity contribution in [1.29, 1.82) is 0 Å². The number of hydrogen-bond donors (Lipinski definition) is 0. The van der Waals surface area contributed by atoms with E-state index in [1.807, 2.05) is 0 Å². The van der Waals surface area contributed by atoms with Gasteiger partial charge in [-0.1, -0.05) is 11.6 Å². The van der Waals surface area contributed by atoms with Crippen LogP contribution in [0.4, 0.5) is 5.69 Å². The number of esters is 1. The summed E-state index contributed by atoms with van der Waals surface area (Å²) >= 11 is 5.81. The van der Waals surface area contributed by atoms with Crippen LogP contribution in [0.25, 0.3) is 10.7 Å². The quantitative estimate of drug-likeness (QED) is 0.491. The number of nitrogens with zero attached hydrogens (tertiary/aromatic N) is 4. The lowest BCUT2D eigenvalue weighted by atomic mass is 10.4. The molecule has 7 heteroatoms. The lowest BCUT2D eigenvalue weighted by Crippen LogP contribution is -2.07. The summed E-state index contributed by atoms with van der Waals surface area (Å²) in [5.41, 5.74) is 0.524. The molecular formula is C12H9ClN4O2. The Kier molecular flexibility index (Phi) is 3.78. The standard InChI is InChI=1S/C12H9ClN4O2/c1-3-19-12(18)9-4-5-17(16-9)11-7-8(14-2)6-10(13)15-11/h4-7H,3H2,1H3. The zero-order chi connectivity index (χ0) is 13.8. The Morgan fingerprint density at radius 3 is 3.05 bits per heavy atom. The molecule has 2 heterocycles. The lowest BCUT2D eigenvalue weighted by molar-refractivity contribution is 0.0519. The molecule has 2 aromatic heterocycles. The van der Waals surface area contributed by atoms with Crippen LogP contribution < -0.4 is 0 Å². The summed E-state index contributed by atoms with van der Waals surface area (Å²) < 4.78 is 6.20. The molecule has 19 heavy (non-hydrogen) atoms. The molecule has 0 saturated carbocycles. The molecule has 2 rings (SSSR count). The molecule has 0 unspecified atom stereocenters. The Morgan fingerprint density at radius 2 is 2.37 bits per heavy atom. The Morgan fingerprint density at radius 1 is 1.58 bits per heavy atom. The van der Waals surface area contributed by atoms with Crippen molar-refractivity contribution in [2.75, 3.05) is 6.61 Å². The topological polar surface area (TPSA) is 61.4 Å². The fraction of sp³-hybridized carbons (Fsp3) is 0.167. The zero-order valence-corrected chi connectivity index (χ0v) is 10.8. The van der Waals surface area contributed by atoms with E-state index in [0.29, 0.717) is 11.5 Å². The molecule has 6 nitrogen and oxygen atoms in total. The van der Waals surface area contributed by atoms with E-state index in [9.17, 15) is 4.79 Å². The normalized spacial score (nSPS) is 9.95. The van der Waals surface area contributed by atoms with E-state index >= 15 is 0 Å². The SMILES string of the molecule is [C-]#[N+]c1cc(Cl)nc(-n2ccc(C(=O)OCC)n2)c1. The average Bonchev–Trinajstić information content (AvgIpc) is 2.88. The van der Waals surface area contributed by atoms with Crippen LogP contribution >= 0.6 is 11.6 Å². The molecule has 0 bridgehead atoms. The van der Waals surface area contributed by atoms with Gasteiger partial charge in [-0.15, -0.1) is 0 Å². The number of carbonyl (C=O) groups is 1. The van der Waals surface area contributed by atoms with Crippen molar-refractivity contribution < 1.29 is 9.53 Å². The smallest absolute Gasteiger partial charge is 0.358 e. The van der Waals surface area contributed by atoms with Gasteiger partial charge in [0.2, 0.25) is 0 Å². The number of pyridine rings is 1. The van der Waals surface area contributed by atoms with E-state index in [1.165, 1.54) is 22.9 Å². The van der Waals surface area contributed by atoms with E-state index < -0.39 is 5.97 Å². The van der Waals surface area contributed by atoms with Gasteiger partial charge in [-0.3, -0.25) is 0 Å². The highest BCUT2D eigenvalue weighted by atomic mass is 35.5. The molecular weight excluding hydrogens is 268 g/mol. The number of halogens is 1. The maximum absolute atomic E-state index is 11.5. The van der Waals surface area contributed by atoms with Crippen LogP contribution in [0.2, 0.25) is 5.15 Å². The highest BCUT2D eigenvalue weighted by Crippen LogP contribution is 2.20. The summed E-state index contributed by atoms with van der Waals surface area (Å²) in [6.45, 7) is 8.96. The fourth-order valence-corrected chi connectivity index (χ4v) is 1.62. The van der Waals surface area contributed by atoms with Crippen molar-refractivity contribution in [3.05, 3.63) is 46.7 Å². The predicted molar refractivity (Wildman–Crippen MR) is 68.6 cm³/mol. The van der Waals surface area contributed by atoms with Crippen LogP contribution in [0.15, 0.2) is 24.4 Å². The first-order valence-electron chi connectivity index (χ1n) is 5.42. The van der Waals surface area contributed by atoms with Crippen molar-refractivity contribution in [3.63, 3.8) is 0 Å². The van der Waals surface area contributed by atoms with Crippen molar-refractivity contribution in [1.82, 2.24) is 14.8 Å². The van der Waals surface area contributed by atoms with E-state index in [-0.39, 0.29) is 17.5 Å². The highest BCUT2D eigenvalue weighted by Gasteiger charge is 2.12. The third-order valence-corrected chi connectivity index (χ3v) is 2.40. The third-order valence-electron chi connectivity index (χ3n) is 2.20. The monoisotopic (exact) mass is 276 g/mol. The van der Waals surface area contributed by atoms with Crippen LogP contribution in [-0.2, 0) is 4.74 Å². The van der Waals surface area contributed by atoms with Gasteiger partial charge in [0.05, 0.1) is 13.2 Å². The van der Waals surface area contributed by atoms with Crippen molar-refractivity contribution in [2.24, 2.45) is 0 Å². The van der Waals surface area contributed by atoms with Crippen LogP contribution in [0, 0.1) is 6.57 Å². The van der Waals surface area contributed by atoms with Crippen molar-refractivity contribution in [3.8, 4) is 5.82 Å². The van der Waals surface area contributed by atoms with Gasteiger partial charge in [0.15, 0.2) is 11.4 Å². The Balaban J connectivity index is 2.35. The van der Waals surface area contributed by atoms with Crippen molar-refractivity contribution in [2.45, 2.75) is 6.92 Å². The second kappa shape index (κ2) is 5.50. The Hall–Kier alpha value is -2.39. The Labute approximate surface area is 114 Å². The van der Waals surface area contributed by atoms with Gasteiger partial charge in [0.25, 0.3) is 0 Å². The molecule has 0 aromatic carbocycles. The number of aromatic nitrogens is 3. The molecule has 96 valence electrons. The van der Waals surface area contributed by atoms with E-state index in [4.69, 9.17) is 22.9 Å². The van der Waals surface area contributed by atoms with Crippen LogP contribution in [0.3, 0.4) is 0 Å². The summed E-state index contributed by atoms with van der Waals surface area (Å²) in [5.74, 6) is -0.136. The van der Waals surface area contributed by atoms with Crippen LogP contribution in [0.1, 0.15) is 17.4 Å². The molecule has 0 amide bonds. The second-order valence-electron chi connectivity index (χ2n) is 3.48. The molecule has 0 aliphatic heterocycles. The summed E-state index contributed by atoms with van der Waals surface area (Å²) in [6.07, 6.45) is 1.55. The molecule has 0 fully saturated rings. The zero-order valence-electron chi connectivity index (χ0n) is 10.00. The van der Waals surface area contributed by atoms with Gasteiger partial charge in [-0.2, -0.15) is 5.10 Å². The second-order valence-corrected chi connectivity index (χ2v) is 3.87. The maximum atomic E-state index is 11.5. The first-order chi connectivity index (χ1) is 9.13. The van der Waals surface area contributed by atoms with Crippen LogP contribution in [-0.4, -0.2) is 27.3 Å². The number of hydrogen-bond acceptors (Lipinski definition) is 4. The van der Waals surface area contributed by atoms with Gasteiger partial charge < -0.3 is 4.74 Å². The summed E-state index contributed by atoms with van der Waals surface area (Å²) in [4.78, 5) is 18.8. The molecule has 0 radical (unpaired) electrons. The summed E-state index contributed by atoms with van der Waals surface area (Å²) in [6, 6.07) is 4.49. The van der Waals surface area contributed by atoms with E-state index in [0.717, 1.165) is 0 Å². The molecule has 2 aromatic rings. The first-order valence-corrected chi connectivity index (χ1v) is 5.80. The van der Waals surface area contributed by atoms with Crippen molar-refractivity contribution >= 4 is 23.3 Å². The van der Waals surface area contributed by atoms with Gasteiger partial charge in [0, 0.05) is 6.20 Å². The number of carbonyl (C=O) groups excluding carboxylic acids is 1. The number of ether oxygens (including phenoxy) is 1. The molecule has 0 aliphatic carbocycles. The summed E-state index contributed by atoms with van der Waals surface area (Å²) in [5, 5.41) is 4.23. The van der Waals surface area contributed by atoms with Gasteiger partial charge in [-0.25, -0.2) is 19.3 Å². The number of rotatable bonds is 3. The highest BCUT2D eigenvalue weighted by molar-refractivity contribution is 6.29. The predicted octanol–water partition coefficient (Wildman–Crippen LogP) is 2.65. The van der Waals surface area contributed by atoms with E-state index in [1.54, 1.807) is 13.1 Å². The van der Waals surface area contributed by atoms with E-state index in [2.05, 4.69) is 14.9 Å². The average molecular weight is 277 g/mol. The molecule has 0 saturated heterocycles. The molecule has 0 N–H and O–H groups in total. The molecule has 0 spiro atoms. The first kappa shape index (κ1) is 13.1. The van der Waals surface area contributed by atoms with Gasteiger partial charge >= 0.3 is 5.97 Å². The lowest BCUT2D eigenvalue weighted by Gasteiger charge is -2.02.